The van der Waals surface area contributed by atoms with Crippen molar-refractivity contribution in [2.24, 2.45) is 0 Å². The summed E-state index contributed by atoms with van der Waals surface area (Å²) in [5.41, 5.74) is 1.57. The van der Waals surface area contributed by atoms with E-state index in [1.807, 2.05) is 18.2 Å². The third-order valence-electron chi connectivity index (χ3n) is 3.64. The van der Waals surface area contributed by atoms with E-state index in [-0.39, 0.29) is 6.61 Å². The highest BCUT2D eigenvalue weighted by molar-refractivity contribution is 6.31. The standard InChI is InChI=1S/C18H19Cl2NO4/c1-11(18(22)23)21-9-13-7-16(24-2)17(8-15(13)20)25-10-12-5-3-4-6-14(12)19/h3-8,11,21H,9-10H2,1-2H3,(H,22,23). The third-order valence-corrected chi connectivity index (χ3v) is 4.36. The number of rotatable bonds is 8. The predicted molar refractivity (Wildman–Crippen MR) is 97.7 cm³/mol. The summed E-state index contributed by atoms with van der Waals surface area (Å²) in [4.78, 5) is 10.9. The maximum atomic E-state index is 10.9. The number of hydrogen-bond acceptors (Lipinski definition) is 4. The lowest BCUT2D eigenvalue weighted by Gasteiger charge is -2.15. The molecular formula is C18H19Cl2NO4. The number of carboxylic acids is 1. The molecule has 2 aromatic rings. The molecule has 0 saturated heterocycles. The van der Waals surface area contributed by atoms with Crippen LogP contribution in [-0.2, 0) is 17.9 Å². The van der Waals surface area contributed by atoms with E-state index in [1.54, 1.807) is 25.1 Å². The van der Waals surface area contributed by atoms with Crippen molar-refractivity contribution in [1.29, 1.82) is 0 Å². The number of aliphatic carboxylic acids is 1. The Morgan fingerprint density at radius 3 is 2.52 bits per heavy atom. The van der Waals surface area contributed by atoms with Crippen LogP contribution in [-0.4, -0.2) is 24.2 Å². The van der Waals surface area contributed by atoms with E-state index in [9.17, 15) is 4.79 Å². The minimum absolute atomic E-state index is 0.278. The Kier molecular flexibility index (Phi) is 6.93. The highest BCUT2D eigenvalue weighted by atomic mass is 35.5. The number of halogens is 2. The third kappa shape index (κ3) is 5.26. The van der Waals surface area contributed by atoms with Gasteiger partial charge in [-0.2, -0.15) is 0 Å². The molecular weight excluding hydrogens is 365 g/mol. The average molecular weight is 384 g/mol. The van der Waals surface area contributed by atoms with E-state index in [4.69, 9.17) is 37.8 Å². The summed E-state index contributed by atoms with van der Waals surface area (Å²) in [5.74, 6) is 0.0708. The first-order valence-corrected chi connectivity index (χ1v) is 8.36. The zero-order valence-corrected chi connectivity index (χ0v) is 15.4. The topological polar surface area (TPSA) is 67.8 Å². The molecule has 1 atom stereocenters. The van der Waals surface area contributed by atoms with Gasteiger partial charge in [-0.1, -0.05) is 41.4 Å². The molecule has 0 aliphatic carbocycles. The Labute approximate surface area is 156 Å². The molecule has 2 rings (SSSR count). The van der Waals surface area contributed by atoms with Gasteiger partial charge >= 0.3 is 5.97 Å². The fourth-order valence-corrected chi connectivity index (χ4v) is 2.52. The van der Waals surface area contributed by atoms with Crippen LogP contribution in [0.3, 0.4) is 0 Å². The lowest BCUT2D eigenvalue weighted by atomic mass is 10.1. The second-order valence-electron chi connectivity index (χ2n) is 5.42. The summed E-state index contributed by atoms with van der Waals surface area (Å²) in [6, 6.07) is 10.1. The van der Waals surface area contributed by atoms with Crippen molar-refractivity contribution in [2.75, 3.05) is 7.11 Å². The van der Waals surface area contributed by atoms with Crippen LogP contribution in [0.25, 0.3) is 0 Å². The van der Waals surface area contributed by atoms with Crippen LogP contribution in [0.5, 0.6) is 11.5 Å². The minimum atomic E-state index is -0.928. The number of ether oxygens (including phenoxy) is 2. The van der Waals surface area contributed by atoms with Gasteiger partial charge in [-0.3, -0.25) is 4.79 Å². The minimum Gasteiger partial charge on any atom is -0.493 e. The molecule has 25 heavy (non-hydrogen) atoms. The van der Waals surface area contributed by atoms with Crippen molar-refractivity contribution < 1.29 is 19.4 Å². The quantitative estimate of drug-likeness (QED) is 0.716. The van der Waals surface area contributed by atoms with Gasteiger partial charge in [0.1, 0.15) is 12.6 Å². The molecule has 0 amide bonds. The van der Waals surface area contributed by atoms with Crippen molar-refractivity contribution in [3.05, 3.63) is 57.6 Å². The van der Waals surface area contributed by atoms with E-state index < -0.39 is 12.0 Å². The SMILES string of the molecule is COc1cc(CNC(C)C(=O)O)c(Cl)cc1OCc1ccccc1Cl. The molecule has 2 aromatic carbocycles. The van der Waals surface area contributed by atoms with Crippen molar-refractivity contribution >= 4 is 29.2 Å². The highest BCUT2D eigenvalue weighted by Gasteiger charge is 2.14. The molecule has 0 fully saturated rings. The van der Waals surface area contributed by atoms with E-state index >= 15 is 0 Å². The van der Waals surface area contributed by atoms with Gasteiger partial charge < -0.3 is 19.9 Å². The maximum absolute atomic E-state index is 10.9. The van der Waals surface area contributed by atoms with Crippen LogP contribution in [0.1, 0.15) is 18.1 Å². The Morgan fingerprint density at radius 2 is 1.88 bits per heavy atom. The molecule has 0 saturated carbocycles. The second kappa shape index (κ2) is 8.94. The summed E-state index contributed by atoms with van der Waals surface area (Å²) < 4.78 is 11.1. The monoisotopic (exact) mass is 383 g/mol. The summed E-state index contributed by atoms with van der Waals surface area (Å²) >= 11 is 12.4. The van der Waals surface area contributed by atoms with E-state index in [0.717, 1.165) is 11.1 Å². The predicted octanol–water partition coefficient (Wildman–Crippen LogP) is 4.14. The van der Waals surface area contributed by atoms with Crippen LogP contribution in [0.4, 0.5) is 0 Å². The van der Waals surface area contributed by atoms with Gasteiger partial charge in [0.2, 0.25) is 0 Å². The lowest BCUT2D eigenvalue weighted by Crippen LogP contribution is -2.33. The van der Waals surface area contributed by atoms with Gasteiger partial charge in [0, 0.05) is 28.2 Å². The molecule has 0 aliphatic heterocycles. The summed E-state index contributed by atoms with van der Waals surface area (Å²) in [5, 5.41) is 12.9. The second-order valence-corrected chi connectivity index (χ2v) is 6.23. The zero-order valence-electron chi connectivity index (χ0n) is 13.9. The highest BCUT2D eigenvalue weighted by Crippen LogP contribution is 2.34. The molecule has 134 valence electrons. The largest absolute Gasteiger partial charge is 0.493 e. The molecule has 0 heterocycles. The van der Waals surface area contributed by atoms with E-state index in [1.165, 1.54) is 7.11 Å². The van der Waals surface area contributed by atoms with Crippen molar-refractivity contribution in [3.63, 3.8) is 0 Å². The van der Waals surface area contributed by atoms with Crippen molar-refractivity contribution in [2.45, 2.75) is 26.1 Å². The van der Waals surface area contributed by atoms with Crippen LogP contribution in [0, 0.1) is 0 Å². The fourth-order valence-electron chi connectivity index (χ4n) is 2.11. The number of nitrogens with one attached hydrogen (secondary N) is 1. The number of hydrogen-bond donors (Lipinski definition) is 2. The maximum Gasteiger partial charge on any atom is 0.320 e. The number of carboxylic acid groups (broad SMARTS) is 1. The number of carbonyl (C=O) groups is 1. The normalized spacial score (nSPS) is 11.8. The average Bonchev–Trinajstić information content (AvgIpc) is 2.59. The van der Waals surface area contributed by atoms with Gasteiger partial charge in [0.15, 0.2) is 11.5 Å². The van der Waals surface area contributed by atoms with E-state index in [2.05, 4.69) is 5.32 Å². The molecule has 0 aromatic heterocycles. The van der Waals surface area contributed by atoms with Crippen molar-refractivity contribution in [3.8, 4) is 11.5 Å². The first-order chi connectivity index (χ1) is 11.9. The molecule has 5 nitrogen and oxygen atoms in total. The van der Waals surface area contributed by atoms with Gasteiger partial charge in [0.05, 0.1) is 7.11 Å². The first kappa shape index (κ1) is 19.4. The summed E-state index contributed by atoms with van der Waals surface area (Å²) in [6.45, 7) is 2.14. The van der Waals surface area contributed by atoms with Crippen LogP contribution >= 0.6 is 23.2 Å². The van der Waals surface area contributed by atoms with Gasteiger partial charge in [-0.05, 0) is 24.6 Å². The van der Waals surface area contributed by atoms with Gasteiger partial charge in [0.25, 0.3) is 0 Å². The molecule has 0 aliphatic rings. The van der Waals surface area contributed by atoms with Gasteiger partial charge in [-0.15, -0.1) is 0 Å². The zero-order chi connectivity index (χ0) is 18.4. The van der Waals surface area contributed by atoms with Crippen LogP contribution in [0.15, 0.2) is 36.4 Å². The Hall–Kier alpha value is -1.95. The number of benzene rings is 2. The molecule has 2 N–H and O–H groups in total. The van der Waals surface area contributed by atoms with Crippen LogP contribution < -0.4 is 14.8 Å². The fraction of sp³-hybridized carbons (Fsp3) is 0.278. The van der Waals surface area contributed by atoms with E-state index in [0.29, 0.717) is 28.1 Å². The molecule has 0 radical (unpaired) electrons. The Bertz CT molecular complexity index is 752. The van der Waals surface area contributed by atoms with Gasteiger partial charge in [-0.25, -0.2) is 0 Å². The molecule has 1 unspecified atom stereocenters. The summed E-state index contributed by atoms with van der Waals surface area (Å²) in [7, 11) is 1.53. The smallest absolute Gasteiger partial charge is 0.320 e. The summed E-state index contributed by atoms with van der Waals surface area (Å²) in [6.07, 6.45) is 0. The van der Waals surface area contributed by atoms with Crippen LogP contribution in [0.2, 0.25) is 10.0 Å². The number of methoxy groups -OCH3 is 1. The Balaban J connectivity index is 2.13. The molecule has 0 spiro atoms. The van der Waals surface area contributed by atoms with Crippen molar-refractivity contribution in [1.82, 2.24) is 5.32 Å². The Morgan fingerprint density at radius 1 is 1.16 bits per heavy atom. The first-order valence-electron chi connectivity index (χ1n) is 7.61. The molecule has 0 bridgehead atoms. The molecule has 7 heteroatoms. The lowest BCUT2D eigenvalue weighted by molar-refractivity contribution is -0.139.